The minimum Gasteiger partial charge on any atom is -0.465 e. The molecular formula is C14H16O2. The second kappa shape index (κ2) is 6.68. The van der Waals surface area contributed by atoms with Gasteiger partial charge in [0.05, 0.1) is 6.61 Å². The molecule has 2 heteroatoms. The highest BCUT2D eigenvalue weighted by Gasteiger charge is 1.96. The van der Waals surface area contributed by atoms with E-state index in [0.29, 0.717) is 6.61 Å². The molecule has 0 aromatic heterocycles. The van der Waals surface area contributed by atoms with E-state index in [0.717, 1.165) is 12.0 Å². The number of hydrogen-bond acceptors (Lipinski definition) is 2. The molecule has 16 heavy (non-hydrogen) atoms. The number of ether oxygens (including phenoxy) is 1. The monoisotopic (exact) mass is 216 g/mol. The first kappa shape index (κ1) is 12.3. The van der Waals surface area contributed by atoms with Gasteiger partial charge in [-0.25, -0.2) is 0 Å². The van der Waals surface area contributed by atoms with Crippen molar-refractivity contribution in [3.8, 4) is 11.8 Å². The van der Waals surface area contributed by atoms with Crippen molar-refractivity contribution in [1.82, 2.24) is 0 Å². The first-order valence-corrected chi connectivity index (χ1v) is 5.49. The second-order valence-electron chi connectivity index (χ2n) is 3.33. The van der Waals surface area contributed by atoms with Gasteiger partial charge in [-0.1, -0.05) is 30.9 Å². The number of carbonyl (C=O) groups is 1. The van der Waals surface area contributed by atoms with Gasteiger partial charge in [-0.15, -0.1) is 0 Å². The molecule has 0 N–H and O–H groups in total. The molecule has 0 unspecified atom stereocenters. The zero-order valence-corrected chi connectivity index (χ0v) is 9.75. The van der Waals surface area contributed by atoms with Crippen LogP contribution in [-0.2, 0) is 16.0 Å². The molecule has 0 heterocycles. The van der Waals surface area contributed by atoms with Crippen molar-refractivity contribution < 1.29 is 9.53 Å². The van der Waals surface area contributed by atoms with Gasteiger partial charge in [0.2, 0.25) is 0 Å². The van der Waals surface area contributed by atoms with Crippen LogP contribution in [-0.4, -0.2) is 12.6 Å². The summed E-state index contributed by atoms with van der Waals surface area (Å²) < 4.78 is 4.77. The average Bonchev–Trinajstić information content (AvgIpc) is 2.30. The van der Waals surface area contributed by atoms with Gasteiger partial charge >= 0.3 is 5.97 Å². The summed E-state index contributed by atoms with van der Waals surface area (Å²) in [4.78, 5) is 11.0. The van der Waals surface area contributed by atoms with Crippen molar-refractivity contribution in [2.75, 3.05) is 6.61 Å². The first-order valence-electron chi connectivity index (χ1n) is 5.49. The van der Waals surface area contributed by atoms with Gasteiger partial charge in [0.25, 0.3) is 0 Å². The molecule has 1 aromatic carbocycles. The summed E-state index contributed by atoms with van der Waals surface area (Å²) in [6, 6.07) is 8.04. The molecular weight excluding hydrogens is 200 g/mol. The smallest absolute Gasteiger partial charge is 0.317 e. The molecule has 2 nitrogen and oxygen atoms in total. The van der Waals surface area contributed by atoms with E-state index in [1.807, 2.05) is 24.3 Å². The van der Waals surface area contributed by atoms with Crippen molar-refractivity contribution in [2.45, 2.75) is 26.7 Å². The largest absolute Gasteiger partial charge is 0.465 e. The second-order valence-corrected chi connectivity index (χ2v) is 3.33. The van der Waals surface area contributed by atoms with Gasteiger partial charge in [-0.3, -0.25) is 4.79 Å². The highest BCUT2D eigenvalue weighted by atomic mass is 16.5. The lowest BCUT2D eigenvalue weighted by Gasteiger charge is -1.96. The van der Waals surface area contributed by atoms with E-state index in [1.165, 1.54) is 5.56 Å². The van der Waals surface area contributed by atoms with Gasteiger partial charge in [0.1, 0.15) is 6.42 Å². The highest BCUT2D eigenvalue weighted by Crippen LogP contribution is 2.03. The van der Waals surface area contributed by atoms with Gasteiger partial charge in [-0.05, 0) is 31.0 Å². The Morgan fingerprint density at radius 3 is 2.50 bits per heavy atom. The van der Waals surface area contributed by atoms with Crippen LogP contribution in [0.2, 0.25) is 0 Å². The predicted octanol–water partition coefficient (Wildman–Crippen LogP) is 2.55. The lowest BCUT2D eigenvalue weighted by Crippen LogP contribution is -2.01. The maximum atomic E-state index is 11.0. The fourth-order valence-corrected chi connectivity index (χ4v) is 1.25. The Bertz CT molecular complexity index is 393. The van der Waals surface area contributed by atoms with E-state index in [4.69, 9.17) is 4.74 Å². The molecule has 0 saturated carbocycles. The zero-order chi connectivity index (χ0) is 11.8. The Kier molecular flexibility index (Phi) is 5.15. The van der Waals surface area contributed by atoms with Gasteiger partial charge in [0, 0.05) is 5.56 Å². The number of esters is 1. The van der Waals surface area contributed by atoms with Crippen LogP contribution in [0, 0.1) is 11.8 Å². The van der Waals surface area contributed by atoms with Crippen molar-refractivity contribution in [1.29, 1.82) is 0 Å². The van der Waals surface area contributed by atoms with E-state index < -0.39 is 0 Å². The Balaban J connectivity index is 2.53. The standard InChI is InChI=1S/C14H16O2/c1-3-12-8-10-13(11-9-12)6-5-7-14(15)16-4-2/h8-11H,3-4,7H2,1-2H3. The number of hydrogen-bond donors (Lipinski definition) is 0. The molecule has 0 spiro atoms. The van der Waals surface area contributed by atoms with Crippen LogP contribution in [0.25, 0.3) is 0 Å². The van der Waals surface area contributed by atoms with Crippen LogP contribution in [0.5, 0.6) is 0 Å². The van der Waals surface area contributed by atoms with Crippen LogP contribution in [0.1, 0.15) is 31.4 Å². The summed E-state index contributed by atoms with van der Waals surface area (Å²) in [5.74, 6) is 5.47. The zero-order valence-electron chi connectivity index (χ0n) is 9.75. The predicted molar refractivity (Wildman–Crippen MR) is 63.9 cm³/mol. The molecule has 0 atom stereocenters. The Morgan fingerprint density at radius 2 is 1.94 bits per heavy atom. The summed E-state index contributed by atoms with van der Waals surface area (Å²) >= 11 is 0. The summed E-state index contributed by atoms with van der Waals surface area (Å²) in [5, 5.41) is 0. The average molecular weight is 216 g/mol. The normalized spacial score (nSPS) is 9.12. The molecule has 0 aliphatic carbocycles. The fraction of sp³-hybridized carbons (Fsp3) is 0.357. The molecule has 0 saturated heterocycles. The third-order valence-electron chi connectivity index (χ3n) is 2.13. The van der Waals surface area contributed by atoms with E-state index in [2.05, 4.69) is 18.8 Å². The first-order chi connectivity index (χ1) is 7.76. The molecule has 0 radical (unpaired) electrons. The summed E-state index contributed by atoms with van der Waals surface area (Å²) in [7, 11) is 0. The molecule has 0 aliphatic rings. The van der Waals surface area contributed by atoms with Crippen molar-refractivity contribution in [2.24, 2.45) is 0 Å². The highest BCUT2D eigenvalue weighted by molar-refractivity contribution is 5.72. The maximum Gasteiger partial charge on any atom is 0.317 e. The number of aryl methyl sites for hydroxylation is 1. The molecule has 1 rings (SSSR count). The summed E-state index contributed by atoms with van der Waals surface area (Å²) in [5.41, 5.74) is 2.22. The van der Waals surface area contributed by atoms with E-state index in [1.54, 1.807) is 6.92 Å². The lowest BCUT2D eigenvalue weighted by molar-refractivity contribution is -0.141. The molecule has 0 bridgehead atoms. The SMILES string of the molecule is CCOC(=O)CC#Cc1ccc(CC)cc1. The van der Waals surface area contributed by atoms with Crippen LogP contribution in [0.15, 0.2) is 24.3 Å². The third kappa shape index (κ3) is 4.18. The molecule has 0 aliphatic heterocycles. The topological polar surface area (TPSA) is 26.3 Å². The molecule has 0 fully saturated rings. The van der Waals surface area contributed by atoms with E-state index >= 15 is 0 Å². The summed E-state index contributed by atoms with van der Waals surface area (Å²) in [6.45, 7) is 4.31. The number of carbonyl (C=O) groups excluding carboxylic acids is 1. The lowest BCUT2D eigenvalue weighted by atomic mass is 10.1. The van der Waals surface area contributed by atoms with Crippen molar-refractivity contribution in [3.05, 3.63) is 35.4 Å². The minimum absolute atomic E-state index is 0.156. The van der Waals surface area contributed by atoms with Crippen molar-refractivity contribution in [3.63, 3.8) is 0 Å². The maximum absolute atomic E-state index is 11.0. The Hall–Kier alpha value is -1.75. The van der Waals surface area contributed by atoms with Crippen LogP contribution in [0.3, 0.4) is 0 Å². The van der Waals surface area contributed by atoms with Crippen LogP contribution >= 0.6 is 0 Å². The third-order valence-corrected chi connectivity index (χ3v) is 2.13. The quantitative estimate of drug-likeness (QED) is 0.573. The number of benzene rings is 1. The Morgan fingerprint density at radius 1 is 1.25 bits per heavy atom. The van der Waals surface area contributed by atoms with E-state index in [-0.39, 0.29) is 12.4 Å². The fourth-order valence-electron chi connectivity index (χ4n) is 1.25. The molecule has 0 amide bonds. The molecule has 84 valence electrons. The van der Waals surface area contributed by atoms with Crippen molar-refractivity contribution >= 4 is 5.97 Å². The van der Waals surface area contributed by atoms with Gasteiger partial charge < -0.3 is 4.74 Å². The minimum atomic E-state index is -0.264. The Labute approximate surface area is 96.6 Å². The van der Waals surface area contributed by atoms with Crippen LogP contribution < -0.4 is 0 Å². The van der Waals surface area contributed by atoms with Crippen LogP contribution in [0.4, 0.5) is 0 Å². The molecule has 1 aromatic rings. The number of rotatable bonds is 3. The van der Waals surface area contributed by atoms with E-state index in [9.17, 15) is 4.79 Å². The van der Waals surface area contributed by atoms with Gasteiger partial charge in [0.15, 0.2) is 0 Å². The summed E-state index contributed by atoms with van der Waals surface area (Å²) in [6.07, 6.45) is 1.18. The van der Waals surface area contributed by atoms with Gasteiger partial charge in [-0.2, -0.15) is 0 Å².